The lowest BCUT2D eigenvalue weighted by molar-refractivity contribution is 0.241. The van der Waals surface area contributed by atoms with Crippen molar-refractivity contribution in [3.8, 4) is 17.1 Å². The molecule has 1 aliphatic heterocycles. The second-order valence-corrected chi connectivity index (χ2v) is 7.50. The maximum absolute atomic E-state index is 12.7. The van der Waals surface area contributed by atoms with Gasteiger partial charge in [-0.1, -0.05) is 12.1 Å². The van der Waals surface area contributed by atoms with Gasteiger partial charge in [-0.15, -0.1) is 0 Å². The maximum atomic E-state index is 12.7. The molecule has 0 atom stereocenters. The summed E-state index contributed by atoms with van der Waals surface area (Å²) in [5, 5.41) is 9.96. The molecule has 144 valence electrons. The van der Waals surface area contributed by atoms with Crippen molar-refractivity contribution in [1.29, 1.82) is 0 Å². The molecule has 4 rings (SSSR count). The minimum atomic E-state index is -0.0837. The van der Waals surface area contributed by atoms with Gasteiger partial charge in [0.05, 0.1) is 11.3 Å². The summed E-state index contributed by atoms with van der Waals surface area (Å²) in [6.07, 6.45) is 0.733. The van der Waals surface area contributed by atoms with Gasteiger partial charge in [0.15, 0.2) is 0 Å². The fourth-order valence-electron chi connectivity index (χ4n) is 3.79. The van der Waals surface area contributed by atoms with Crippen LogP contribution in [0.4, 0.5) is 5.69 Å². The molecule has 0 unspecified atom stereocenters. The van der Waals surface area contributed by atoms with Crippen LogP contribution in [0.3, 0.4) is 0 Å². The largest absolute Gasteiger partial charge is 0.507 e. The zero-order valence-electron chi connectivity index (χ0n) is 16.1. The van der Waals surface area contributed by atoms with E-state index in [2.05, 4.69) is 9.88 Å². The molecule has 3 aromatic rings. The van der Waals surface area contributed by atoms with Crippen molar-refractivity contribution in [3.63, 3.8) is 0 Å². The fourth-order valence-corrected chi connectivity index (χ4v) is 3.79. The van der Waals surface area contributed by atoms with E-state index in [-0.39, 0.29) is 5.56 Å². The Hall–Kier alpha value is -3.12. The Kier molecular flexibility index (Phi) is 4.65. The first-order valence-electron chi connectivity index (χ1n) is 9.40. The first-order valence-corrected chi connectivity index (χ1v) is 9.40. The average molecular weight is 376 g/mol. The molecule has 6 heteroatoms. The Bertz CT molecular complexity index is 1060. The van der Waals surface area contributed by atoms with Gasteiger partial charge in [0.25, 0.3) is 5.56 Å². The summed E-state index contributed by atoms with van der Waals surface area (Å²) in [6, 6.07) is 11.3. The van der Waals surface area contributed by atoms with E-state index in [1.54, 1.807) is 12.1 Å². The Balaban J connectivity index is 1.57. The van der Waals surface area contributed by atoms with E-state index in [1.807, 2.05) is 38.1 Å². The number of aryl methyl sites for hydroxylation is 2. The number of rotatable bonds is 3. The van der Waals surface area contributed by atoms with Crippen molar-refractivity contribution < 1.29 is 5.11 Å². The minimum absolute atomic E-state index is 0.0837. The van der Waals surface area contributed by atoms with Crippen molar-refractivity contribution in [2.45, 2.75) is 33.4 Å². The molecule has 0 amide bonds. The number of nitrogens with two attached hydrogens (primary N) is 1. The number of nitrogens with one attached hydrogen (secondary N) is 1. The molecule has 0 aliphatic carbocycles. The quantitative estimate of drug-likeness (QED) is 0.611. The highest BCUT2D eigenvalue weighted by Gasteiger charge is 2.22. The van der Waals surface area contributed by atoms with Gasteiger partial charge in [0, 0.05) is 37.3 Å². The topological polar surface area (TPSA) is 95.2 Å². The number of H-pyrrole nitrogens is 1. The summed E-state index contributed by atoms with van der Waals surface area (Å²) in [4.78, 5) is 22.6. The Morgan fingerprint density at radius 2 is 1.86 bits per heavy atom. The van der Waals surface area contributed by atoms with Crippen LogP contribution in [-0.4, -0.2) is 26.5 Å². The van der Waals surface area contributed by atoms with Crippen LogP contribution in [0, 0.1) is 13.8 Å². The van der Waals surface area contributed by atoms with Crippen molar-refractivity contribution in [3.05, 3.63) is 74.7 Å². The van der Waals surface area contributed by atoms with Crippen molar-refractivity contribution in [1.82, 2.24) is 14.9 Å². The van der Waals surface area contributed by atoms with Crippen LogP contribution >= 0.6 is 0 Å². The van der Waals surface area contributed by atoms with E-state index >= 15 is 0 Å². The van der Waals surface area contributed by atoms with Gasteiger partial charge in [-0.25, -0.2) is 4.98 Å². The fraction of sp³-hybridized carbons (Fsp3) is 0.273. The second-order valence-electron chi connectivity index (χ2n) is 7.50. The number of aromatic hydroxyl groups is 1. The van der Waals surface area contributed by atoms with Crippen LogP contribution in [0.5, 0.6) is 5.75 Å². The van der Waals surface area contributed by atoms with Crippen LogP contribution in [0.25, 0.3) is 11.4 Å². The number of phenolic OH excluding ortho intramolecular Hbond substituents is 1. The van der Waals surface area contributed by atoms with E-state index < -0.39 is 0 Å². The molecule has 0 spiro atoms. The number of aromatic nitrogens is 2. The first kappa shape index (κ1) is 18.3. The van der Waals surface area contributed by atoms with Crippen LogP contribution in [0.1, 0.15) is 27.9 Å². The summed E-state index contributed by atoms with van der Waals surface area (Å²) in [5.74, 6) is 0.936. The standard InChI is InChI=1S/C22H24N4O2/c1-13-9-15(10-14(2)20(13)27)11-26-8-7-19-18(12-26)22(28)25-21(24-19)16-3-5-17(23)6-4-16/h3-6,9-10,27H,7-8,11-12,23H2,1-2H3,(H,24,25,28). The van der Waals surface area contributed by atoms with Gasteiger partial charge in [0.1, 0.15) is 11.6 Å². The molecule has 0 fully saturated rings. The number of hydrogen-bond acceptors (Lipinski definition) is 5. The number of nitrogen functional groups attached to an aromatic ring is 1. The lowest BCUT2D eigenvalue weighted by Crippen LogP contribution is -2.35. The predicted octanol–water partition coefficient (Wildman–Crippen LogP) is 2.90. The summed E-state index contributed by atoms with van der Waals surface area (Å²) < 4.78 is 0. The SMILES string of the molecule is Cc1cc(CN2CCc3nc(-c4ccc(N)cc4)[nH]c(=O)c3C2)cc(C)c1O. The molecule has 2 heterocycles. The molecule has 0 radical (unpaired) electrons. The van der Waals surface area contributed by atoms with Gasteiger partial charge < -0.3 is 15.8 Å². The Labute approximate surface area is 163 Å². The molecule has 0 saturated heterocycles. The number of hydrogen-bond donors (Lipinski definition) is 3. The smallest absolute Gasteiger partial charge is 0.255 e. The van der Waals surface area contributed by atoms with E-state index in [1.165, 1.54) is 0 Å². The lowest BCUT2D eigenvalue weighted by Gasteiger charge is -2.28. The Morgan fingerprint density at radius 3 is 2.54 bits per heavy atom. The molecule has 6 nitrogen and oxygen atoms in total. The van der Waals surface area contributed by atoms with Gasteiger partial charge in [0.2, 0.25) is 0 Å². The number of aromatic amines is 1. The summed E-state index contributed by atoms with van der Waals surface area (Å²) in [7, 11) is 0. The number of fused-ring (bicyclic) bond motifs is 1. The minimum Gasteiger partial charge on any atom is -0.507 e. The first-order chi connectivity index (χ1) is 13.4. The average Bonchev–Trinajstić information content (AvgIpc) is 2.67. The van der Waals surface area contributed by atoms with E-state index in [0.29, 0.717) is 23.8 Å². The number of phenols is 1. The Morgan fingerprint density at radius 1 is 1.18 bits per heavy atom. The van der Waals surface area contributed by atoms with Gasteiger partial charge >= 0.3 is 0 Å². The van der Waals surface area contributed by atoms with Crippen molar-refractivity contribution in [2.24, 2.45) is 0 Å². The third kappa shape index (κ3) is 3.51. The van der Waals surface area contributed by atoms with Crippen molar-refractivity contribution in [2.75, 3.05) is 12.3 Å². The third-order valence-electron chi connectivity index (χ3n) is 5.29. The number of nitrogens with zero attached hydrogens (tertiary/aromatic N) is 2. The predicted molar refractivity (Wildman–Crippen MR) is 110 cm³/mol. The molecular weight excluding hydrogens is 352 g/mol. The van der Waals surface area contributed by atoms with E-state index in [9.17, 15) is 9.90 Å². The molecule has 0 bridgehead atoms. The molecule has 1 aliphatic rings. The van der Waals surface area contributed by atoms with Crippen molar-refractivity contribution >= 4 is 5.69 Å². The third-order valence-corrected chi connectivity index (χ3v) is 5.29. The highest BCUT2D eigenvalue weighted by atomic mass is 16.3. The van der Waals surface area contributed by atoms with Crippen LogP contribution in [-0.2, 0) is 19.5 Å². The molecule has 0 saturated carbocycles. The van der Waals surface area contributed by atoms with E-state index in [0.717, 1.165) is 53.0 Å². The number of benzene rings is 2. The van der Waals surface area contributed by atoms with Crippen LogP contribution < -0.4 is 11.3 Å². The monoisotopic (exact) mass is 376 g/mol. The molecule has 4 N–H and O–H groups in total. The van der Waals surface area contributed by atoms with Gasteiger partial charge in [-0.05, 0) is 54.8 Å². The maximum Gasteiger partial charge on any atom is 0.255 e. The molecule has 2 aromatic carbocycles. The van der Waals surface area contributed by atoms with E-state index in [4.69, 9.17) is 10.7 Å². The molecular formula is C22H24N4O2. The summed E-state index contributed by atoms with van der Waals surface area (Å²) >= 11 is 0. The normalized spacial score (nSPS) is 14.1. The zero-order chi connectivity index (χ0) is 19.8. The molecule has 28 heavy (non-hydrogen) atoms. The highest BCUT2D eigenvalue weighted by Crippen LogP contribution is 2.25. The highest BCUT2D eigenvalue weighted by molar-refractivity contribution is 5.58. The molecule has 1 aromatic heterocycles. The summed E-state index contributed by atoms with van der Waals surface area (Å²) in [6.45, 7) is 5.96. The second kappa shape index (κ2) is 7.13. The number of anilines is 1. The van der Waals surface area contributed by atoms with Gasteiger partial charge in [-0.3, -0.25) is 9.69 Å². The zero-order valence-corrected chi connectivity index (χ0v) is 16.1. The van der Waals surface area contributed by atoms with Crippen LogP contribution in [0.2, 0.25) is 0 Å². The summed E-state index contributed by atoms with van der Waals surface area (Å²) in [5.41, 5.74) is 11.7. The van der Waals surface area contributed by atoms with Gasteiger partial charge in [-0.2, -0.15) is 0 Å². The van der Waals surface area contributed by atoms with Crippen LogP contribution in [0.15, 0.2) is 41.2 Å². The lowest BCUT2D eigenvalue weighted by atomic mass is 10.0.